The molecule has 0 aromatic heterocycles. The molecule has 3 unspecified atom stereocenters. The minimum absolute atomic E-state index is 0.111. The number of carbonyl (C=O) groups excluding carboxylic acids is 1. The van der Waals surface area contributed by atoms with Crippen molar-refractivity contribution in [2.75, 3.05) is 46.2 Å². The summed E-state index contributed by atoms with van der Waals surface area (Å²) in [5, 5.41) is 5.46. The van der Waals surface area contributed by atoms with Gasteiger partial charge in [-0.2, -0.15) is 13.2 Å². The van der Waals surface area contributed by atoms with Crippen molar-refractivity contribution in [3.63, 3.8) is 0 Å². The van der Waals surface area contributed by atoms with Crippen LogP contribution in [0.4, 0.5) is 28.0 Å². The van der Waals surface area contributed by atoms with E-state index in [9.17, 15) is 22.4 Å². The van der Waals surface area contributed by atoms with Crippen LogP contribution in [0.25, 0.3) is 0 Å². The monoisotopic (exact) mass is 578 g/mol. The van der Waals surface area contributed by atoms with Gasteiger partial charge in [0.15, 0.2) is 11.5 Å². The largest absolute Gasteiger partial charge is 0.493 e. The molecule has 2 heterocycles. The van der Waals surface area contributed by atoms with Gasteiger partial charge in [-0.25, -0.2) is 9.18 Å². The number of benzene rings is 2. The lowest BCUT2D eigenvalue weighted by Crippen LogP contribution is -2.56. The van der Waals surface area contributed by atoms with Crippen molar-refractivity contribution in [1.82, 2.24) is 15.1 Å². The maximum absolute atomic E-state index is 13.7. The van der Waals surface area contributed by atoms with Crippen LogP contribution in [0, 0.1) is 5.82 Å². The lowest BCUT2D eigenvalue weighted by Gasteiger charge is -2.48. The minimum atomic E-state index is -4.85. The molecule has 1 aliphatic carbocycles. The number of urea groups is 1. The smallest absolute Gasteiger partial charge is 0.419 e. The third-order valence-corrected chi connectivity index (χ3v) is 9.28. The number of amides is 2. The first-order chi connectivity index (χ1) is 19.5. The molecule has 3 fully saturated rings. The van der Waals surface area contributed by atoms with E-state index in [-0.39, 0.29) is 23.2 Å². The Hall–Kier alpha value is -3.05. The Morgan fingerprint density at radius 3 is 2.39 bits per heavy atom. The zero-order valence-electron chi connectivity index (χ0n) is 23.7. The van der Waals surface area contributed by atoms with Gasteiger partial charge < -0.3 is 25.0 Å². The van der Waals surface area contributed by atoms with Gasteiger partial charge in [0.05, 0.1) is 19.8 Å². The molecule has 0 spiro atoms. The number of methoxy groups -OCH3 is 2. The number of halogens is 4. The first kappa shape index (κ1) is 29.4. The van der Waals surface area contributed by atoms with Crippen LogP contribution in [0.15, 0.2) is 36.4 Å². The van der Waals surface area contributed by atoms with Gasteiger partial charge in [0.25, 0.3) is 0 Å². The summed E-state index contributed by atoms with van der Waals surface area (Å²) in [5.74, 6) is -0.0126. The average Bonchev–Trinajstić information content (AvgIpc) is 3.33. The van der Waals surface area contributed by atoms with E-state index in [1.54, 1.807) is 14.2 Å². The molecule has 11 heteroatoms. The summed E-state index contributed by atoms with van der Waals surface area (Å²) in [7, 11) is 5.40. The van der Waals surface area contributed by atoms with E-state index >= 15 is 0 Å². The molecule has 3 atom stereocenters. The number of nitrogens with one attached hydrogen (secondary N) is 2. The molecule has 0 radical (unpaired) electrons. The number of anilines is 1. The van der Waals surface area contributed by atoms with Gasteiger partial charge in [0.1, 0.15) is 5.82 Å². The van der Waals surface area contributed by atoms with Gasteiger partial charge >= 0.3 is 12.2 Å². The minimum Gasteiger partial charge on any atom is -0.493 e. The van der Waals surface area contributed by atoms with E-state index in [1.807, 2.05) is 6.07 Å². The molecule has 41 heavy (non-hydrogen) atoms. The van der Waals surface area contributed by atoms with Crippen LogP contribution in [0.5, 0.6) is 11.5 Å². The number of ether oxygens (including phenoxy) is 2. The molecule has 0 bridgehead atoms. The van der Waals surface area contributed by atoms with Crippen molar-refractivity contribution < 1.29 is 31.8 Å². The van der Waals surface area contributed by atoms with Crippen LogP contribution in [-0.2, 0) is 11.6 Å². The Bertz CT molecular complexity index is 1250. The number of nitrogens with zero attached hydrogens (tertiary/aromatic N) is 2. The zero-order chi connectivity index (χ0) is 29.4. The van der Waals surface area contributed by atoms with Crippen LogP contribution in [-0.4, -0.2) is 74.9 Å². The summed E-state index contributed by atoms with van der Waals surface area (Å²) in [6.45, 7) is 3.04. The summed E-state index contributed by atoms with van der Waals surface area (Å²) < 4.78 is 64.3. The molecule has 7 nitrogen and oxygen atoms in total. The summed E-state index contributed by atoms with van der Waals surface area (Å²) in [4.78, 5) is 17.9. The van der Waals surface area contributed by atoms with Crippen LogP contribution < -0.4 is 20.1 Å². The Balaban J connectivity index is 1.36. The van der Waals surface area contributed by atoms with Crippen molar-refractivity contribution in [2.45, 2.75) is 68.2 Å². The van der Waals surface area contributed by atoms with Crippen LogP contribution in [0.1, 0.15) is 49.7 Å². The normalized spacial score (nSPS) is 25.9. The van der Waals surface area contributed by atoms with Crippen LogP contribution in [0.2, 0.25) is 0 Å². The first-order valence-electron chi connectivity index (χ1n) is 14.1. The van der Waals surface area contributed by atoms with Crippen molar-refractivity contribution in [3.8, 4) is 11.5 Å². The van der Waals surface area contributed by atoms with Crippen molar-refractivity contribution in [2.24, 2.45) is 0 Å². The molecule has 3 aliphatic rings. The number of fused-ring (bicyclic) bond motifs is 1. The fraction of sp³-hybridized carbons (Fsp3) is 0.567. The van der Waals surface area contributed by atoms with E-state index in [2.05, 4.69) is 39.6 Å². The maximum atomic E-state index is 13.7. The molecule has 2 aliphatic heterocycles. The van der Waals surface area contributed by atoms with Gasteiger partial charge in [0, 0.05) is 29.2 Å². The average molecular weight is 579 g/mol. The second-order valence-corrected chi connectivity index (χ2v) is 11.5. The van der Waals surface area contributed by atoms with Crippen LogP contribution >= 0.6 is 0 Å². The van der Waals surface area contributed by atoms with Gasteiger partial charge in [-0.1, -0.05) is 6.07 Å². The van der Waals surface area contributed by atoms with Gasteiger partial charge in [-0.05, 0) is 101 Å². The van der Waals surface area contributed by atoms with Crippen molar-refractivity contribution in [3.05, 3.63) is 53.3 Å². The summed E-state index contributed by atoms with van der Waals surface area (Å²) in [6, 6.07) is 8.49. The highest BCUT2D eigenvalue weighted by atomic mass is 19.4. The molecule has 2 amide bonds. The number of alkyl halides is 3. The first-order valence-corrected chi connectivity index (χ1v) is 14.1. The quantitative estimate of drug-likeness (QED) is 0.435. The highest BCUT2D eigenvalue weighted by Crippen LogP contribution is 2.51. The third-order valence-electron chi connectivity index (χ3n) is 9.28. The number of hydrogen-bond acceptors (Lipinski definition) is 5. The molecule has 1 saturated carbocycles. The fourth-order valence-corrected chi connectivity index (χ4v) is 7.13. The van der Waals surface area contributed by atoms with E-state index in [0.717, 1.165) is 57.8 Å². The van der Waals surface area contributed by atoms with Crippen LogP contribution in [0.3, 0.4) is 0 Å². The lowest BCUT2D eigenvalue weighted by atomic mass is 9.65. The van der Waals surface area contributed by atoms with Gasteiger partial charge in [-0.15, -0.1) is 0 Å². The van der Waals surface area contributed by atoms with E-state index in [1.165, 1.54) is 5.56 Å². The second-order valence-electron chi connectivity index (χ2n) is 11.5. The SMILES string of the molecule is COc1ccc(C23CCC(NC(=O)Nc4ccc(F)c(C(F)(F)F)c4)CC2N(C2CCN(C)CC2)CC3)cc1OC. The highest BCUT2D eigenvalue weighted by Gasteiger charge is 2.53. The Morgan fingerprint density at radius 2 is 1.71 bits per heavy atom. The lowest BCUT2D eigenvalue weighted by molar-refractivity contribution is -0.139. The van der Waals surface area contributed by atoms with E-state index < -0.39 is 23.6 Å². The van der Waals surface area contributed by atoms with E-state index in [0.29, 0.717) is 36.1 Å². The predicted octanol–water partition coefficient (Wildman–Crippen LogP) is 5.64. The number of piperidine rings is 1. The Kier molecular flexibility index (Phi) is 8.39. The zero-order valence-corrected chi connectivity index (χ0v) is 23.7. The Morgan fingerprint density at radius 1 is 0.976 bits per heavy atom. The Labute approximate surface area is 238 Å². The van der Waals surface area contributed by atoms with Crippen molar-refractivity contribution >= 4 is 11.7 Å². The summed E-state index contributed by atoms with van der Waals surface area (Å²) in [6.07, 6.45) is 0.584. The molecule has 2 aromatic rings. The fourth-order valence-electron chi connectivity index (χ4n) is 7.13. The number of rotatable bonds is 6. The molecule has 2 N–H and O–H groups in total. The topological polar surface area (TPSA) is 66.1 Å². The maximum Gasteiger partial charge on any atom is 0.419 e. The number of likely N-dealkylation sites (tertiary alicyclic amines) is 2. The van der Waals surface area contributed by atoms with E-state index in [4.69, 9.17) is 9.47 Å². The number of hydrogen-bond donors (Lipinski definition) is 2. The standard InChI is InChI=1S/C30H38F4N4O3/c1-37-13-9-22(10-14-37)38-15-12-29(19-4-7-25(40-2)26(16-19)41-3)11-8-21(18-27(29)38)36-28(39)35-20-5-6-24(31)23(17-20)30(32,33)34/h4-7,16-17,21-22,27H,8-15,18H2,1-3H3,(H2,35,36,39). The van der Waals surface area contributed by atoms with Crippen molar-refractivity contribution in [1.29, 1.82) is 0 Å². The molecule has 2 aromatic carbocycles. The molecular weight excluding hydrogens is 540 g/mol. The summed E-state index contributed by atoms with van der Waals surface area (Å²) >= 11 is 0. The van der Waals surface area contributed by atoms with Gasteiger partial charge in [-0.3, -0.25) is 4.90 Å². The molecule has 2 saturated heterocycles. The summed E-state index contributed by atoms with van der Waals surface area (Å²) in [5.41, 5.74) is -0.437. The molecular formula is C30H38F4N4O3. The number of carbonyl (C=O) groups is 1. The predicted molar refractivity (Wildman–Crippen MR) is 148 cm³/mol. The highest BCUT2D eigenvalue weighted by molar-refractivity contribution is 5.89. The molecule has 5 rings (SSSR count). The molecule has 224 valence electrons. The second kappa shape index (κ2) is 11.7. The third kappa shape index (κ3) is 5.97. The van der Waals surface area contributed by atoms with Gasteiger partial charge in [0.2, 0.25) is 0 Å².